The fourth-order valence-electron chi connectivity index (χ4n) is 2.65. The number of rotatable bonds is 19. The number of unbranched alkanes of at least 4 members (excludes halogenated alkanes) is 2. The summed E-state index contributed by atoms with van der Waals surface area (Å²) in [6.45, 7) is 4.15. The minimum absolute atomic E-state index is 0.0213. The van der Waals surface area contributed by atoms with Gasteiger partial charge in [-0.05, 0) is 19.4 Å². The highest BCUT2D eigenvalue weighted by molar-refractivity contribution is 5.75. The maximum absolute atomic E-state index is 11.6. The average Bonchev–Trinajstić information content (AvgIpc) is 2.72. The van der Waals surface area contributed by atoms with Crippen LogP contribution in [0.2, 0.25) is 0 Å². The summed E-state index contributed by atoms with van der Waals surface area (Å²) in [7, 11) is 0. The summed E-state index contributed by atoms with van der Waals surface area (Å²) in [5.74, 6) is -0.476. The van der Waals surface area contributed by atoms with Crippen LogP contribution in [0.5, 0.6) is 0 Å². The van der Waals surface area contributed by atoms with E-state index in [9.17, 15) is 15.0 Å². The van der Waals surface area contributed by atoms with Crippen LogP contribution >= 0.6 is 0 Å². The zero-order chi connectivity index (χ0) is 22.2. The summed E-state index contributed by atoms with van der Waals surface area (Å²) < 4.78 is 16.1. The Bertz CT molecular complexity index is 444. The second-order valence-electron chi connectivity index (χ2n) is 7.21. The van der Waals surface area contributed by atoms with Crippen LogP contribution in [-0.4, -0.2) is 98.6 Å². The average molecular weight is 439 g/mol. The number of amides is 1. The molecule has 6 N–H and O–H groups in total. The summed E-state index contributed by atoms with van der Waals surface area (Å²) in [6, 6.07) is 0. The number of nitrogens with one attached hydrogen (secondary N) is 1. The maximum atomic E-state index is 11.6. The molecule has 1 aliphatic rings. The van der Waals surface area contributed by atoms with Crippen molar-refractivity contribution >= 4 is 5.91 Å². The number of hydrogen-bond acceptors (Lipinski definition) is 10. The Morgan fingerprint density at radius 1 is 1.07 bits per heavy atom. The number of hydrogen-bond donors (Lipinski definition) is 5. The molecule has 11 heteroatoms. The van der Waals surface area contributed by atoms with Gasteiger partial charge in [-0.2, -0.15) is 0 Å². The molecule has 1 amide bonds. The highest BCUT2D eigenvalue weighted by Crippen LogP contribution is 2.25. The zero-order valence-corrected chi connectivity index (χ0v) is 17.7. The van der Waals surface area contributed by atoms with Gasteiger partial charge in [-0.1, -0.05) is 13.3 Å². The predicted octanol–water partition coefficient (Wildman–Crippen LogP) is -1.32. The number of carbonyl (C=O) groups excluding carboxylic acids is 1. The van der Waals surface area contributed by atoms with Crippen molar-refractivity contribution in [2.75, 3.05) is 52.7 Å². The highest BCUT2D eigenvalue weighted by atomic mass is 17.3. The van der Waals surface area contributed by atoms with Crippen molar-refractivity contribution < 1.29 is 44.1 Å². The standard InChI is InChI=1S/C19H38N2O9/c1-14(13-22)16(24)17(25)18-19(30-29-18)28-12-11-27-10-9-26-8-7-21-15(23)5-3-2-4-6-20/h14,16-19,22,24-25H,2-13,20H2,1H3,(H,21,23)/t14?,16-,17?,18?,19+/m1/s1. The van der Waals surface area contributed by atoms with Crippen molar-refractivity contribution in [2.45, 2.75) is 57.2 Å². The van der Waals surface area contributed by atoms with Crippen LogP contribution < -0.4 is 11.1 Å². The molecule has 0 aromatic heterocycles. The van der Waals surface area contributed by atoms with Gasteiger partial charge in [0.05, 0.1) is 39.1 Å². The molecule has 1 aliphatic heterocycles. The van der Waals surface area contributed by atoms with Crippen molar-refractivity contribution in [3.05, 3.63) is 0 Å². The first-order valence-corrected chi connectivity index (χ1v) is 10.5. The largest absolute Gasteiger partial charge is 0.396 e. The smallest absolute Gasteiger partial charge is 0.223 e. The first kappa shape index (κ1) is 27.1. The molecule has 30 heavy (non-hydrogen) atoms. The van der Waals surface area contributed by atoms with E-state index in [0.29, 0.717) is 45.9 Å². The lowest BCUT2D eigenvalue weighted by molar-refractivity contribution is -0.532. The Morgan fingerprint density at radius 2 is 1.77 bits per heavy atom. The van der Waals surface area contributed by atoms with Gasteiger partial charge in [0.1, 0.15) is 6.10 Å². The minimum Gasteiger partial charge on any atom is -0.396 e. The van der Waals surface area contributed by atoms with Crippen LogP contribution in [0.25, 0.3) is 0 Å². The lowest BCUT2D eigenvalue weighted by atomic mass is 9.96. The van der Waals surface area contributed by atoms with E-state index in [0.717, 1.165) is 19.3 Å². The molecule has 11 nitrogen and oxygen atoms in total. The molecule has 0 aromatic rings. The zero-order valence-electron chi connectivity index (χ0n) is 17.7. The van der Waals surface area contributed by atoms with Gasteiger partial charge in [0.15, 0.2) is 6.10 Å². The van der Waals surface area contributed by atoms with E-state index in [1.54, 1.807) is 6.92 Å². The molecule has 1 heterocycles. The Balaban J connectivity index is 1.92. The second-order valence-corrected chi connectivity index (χ2v) is 7.21. The highest BCUT2D eigenvalue weighted by Gasteiger charge is 2.45. The van der Waals surface area contributed by atoms with E-state index in [4.69, 9.17) is 34.8 Å². The van der Waals surface area contributed by atoms with E-state index in [1.807, 2.05) is 0 Å². The molecule has 5 atom stereocenters. The van der Waals surface area contributed by atoms with Crippen molar-refractivity contribution in [1.82, 2.24) is 5.32 Å². The molecule has 178 valence electrons. The van der Waals surface area contributed by atoms with Gasteiger partial charge in [-0.3, -0.25) is 4.79 Å². The Morgan fingerprint density at radius 3 is 2.40 bits per heavy atom. The number of carbonyl (C=O) groups is 1. The summed E-state index contributed by atoms with van der Waals surface area (Å²) in [6.07, 6.45) is -0.745. The van der Waals surface area contributed by atoms with Gasteiger partial charge in [0, 0.05) is 25.5 Å². The number of aliphatic hydroxyl groups excluding tert-OH is 3. The number of nitrogens with two attached hydrogens (primary N) is 1. The summed E-state index contributed by atoms with van der Waals surface area (Å²) in [4.78, 5) is 21.1. The van der Waals surface area contributed by atoms with E-state index in [1.165, 1.54) is 0 Å². The molecule has 0 saturated carbocycles. The summed E-state index contributed by atoms with van der Waals surface area (Å²) in [5.41, 5.74) is 5.40. The van der Waals surface area contributed by atoms with Crippen LogP contribution in [0.1, 0.15) is 32.6 Å². The van der Waals surface area contributed by atoms with Gasteiger partial charge >= 0.3 is 0 Å². The molecule has 1 rings (SSSR count). The fourth-order valence-corrected chi connectivity index (χ4v) is 2.65. The van der Waals surface area contributed by atoms with Crippen LogP contribution in [-0.2, 0) is 28.8 Å². The normalized spacial score (nSPS) is 21.6. The van der Waals surface area contributed by atoms with Gasteiger partial charge in [-0.25, -0.2) is 9.78 Å². The van der Waals surface area contributed by atoms with Crippen molar-refractivity contribution in [3.8, 4) is 0 Å². The first-order valence-electron chi connectivity index (χ1n) is 10.5. The van der Waals surface area contributed by atoms with Crippen molar-refractivity contribution in [3.63, 3.8) is 0 Å². The van der Waals surface area contributed by atoms with Crippen LogP contribution in [0, 0.1) is 5.92 Å². The Kier molecular flexibility index (Phi) is 15.2. The molecular weight excluding hydrogens is 400 g/mol. The quantitative estimate of drug-likeness (QED) is 0.121. The lowest BCUT2D eigenvalue weighted by Gasteiger charge is -2.39. The van der Waals surface area contributed by atoms with Gasteiger partial charge in [-0.15, -0.1) is 0 Å². The molecule has 1 fully saturated rings. The van der Waals surface area contributed by atoms with Crippen molar-refractivity contribution in [2.24, 2.45) is 11.7 Å². The van der Waals surface area contributed by atoms with Crippen LogP contribution in [0.4, 0.5) is 0 Å². The summed E-state index contributed by atoms with van der Waals surface area (Å²) in [5, 5.41) is 31.7. The SMILES string of the molecule is CC(CO)[C@@H](O)C(O)C1OO[C@@H]1OCCOCCOCCNC(=O)CCCCCN. The van der Waals surface area contributed by atoms with Gasteiger partial charge in [0.25, 0.3) is 0 Å². The minimum atomic E-state index is -1.23. The monoisotopic (exact) mass is 438 g/mol. The number of aliphatic hydroxyl groups is 3. The first-order chi connectivity index (χ1) is 14.5. The number of ether oxygens (including phenoxy) is 3. The van der Waals surface area contributed by atoms with Gasteiger partial charge < -0.3 is 40.6 Å². The van der Waals surface area contributed by atoms with Crippen molar-refractivity contribution in [1.29, 1.82) is 0 Å². The molecular formula is C19H38N2O9. The topological polar surface area (TPSA) is 162 Å². The molecule has 0 bridgehead atoms. The predicted molar refractivity (Wildman–Crippen MR) is 106 cm³/mol. The van der Waals surface area contributed by atoms with Crippen LogP contribution in [0.3, 0.4) is 0 Å². The molecule has 3 unspecified atom stereocenters. The van der Waals surface area contributed by atoms with E-state index in [-0.39, 0.29) is 19.1 Å². The lowest BCUT2D eigenvalue weighted by Crippen LogP contribution is -2.57. The molecule has 0 spiro atoms. The third kappa shape index (κ3) is 10.9. The third-order valence-electron chi connectivity index (χ3n) is 4.65. The van der Waals surface area contributed by atoms with Gasteiger partial charge in [0.2, 0.25) is 12.2 Å². The second kappa shape index (κ2) is 16.8. The molecule has 0 aliphatic carbocycles. The van der Waals surface area contributed by atoms with Crippen LogP contribution in [0.15, 0.2) is 0 Å². The van der Waals surface area contributed by atoms with E-state index in [2.05, 4.69) is 5.32 Å². The third-order valence-corrected chi connectivity index (χ3v) is 4.65. The van der Waals surface area contributed by atoms with E-state index < -0.39 is 30.5 Å². The maximum Gasteiger partial charge on any atom is 0.223 e. The molecule has 0 aromatic carbocycles. The van der Waals surface area contributed by atoms with E-state index >= 15 is 0 Å². The Hall–Kier alpha value is -0.890. The summed E-state index contributed by atoms with van der Waals surface area (Å²) >= 11 is 0. The Labute approximate surface area is 177 Å². The molecule has 1 saturated heterocycles. The fraction of sp³-hybridized carbons (Fsp3) is 0.947. The molecule has 0 radical (unpaired) electrons.